The minimum absolute atomic E-state index is 0.0731. The standard InChI is InChI=1S/C26H34N4O2/c1-18-7-8-19(2)22(15-18)28-26(32)25(31)27-17-24(30-12-5-4-6-13-30)20-9-10-23-21(16-20)11-14-29(23)3/h7-10,15-16,24H,4-6,11-14,17H2,1-3H3,(H,27,31)(H,28,32)/t24-/m0/s1. The first-order valence-corrected chi connectivity index (χ1v) is 11.7. The number of nitrogens with zero attached hydrogens (tertiary/aromatic N) is 2. The predicted octanol–water partition coefficient (Wildman–Crippen LogP) is 3.58. The zero-order chi connectivity index (χ0) is 22.7. The Kier molecular flexibility index (Phi) is 6.80. The Morgan fingerprint density at radius 1 is 0.969 bits per heavy atom. The molecule has 2 aromatic carbocycles. The molecule has 1 saturated heterocycles. The van der Waals surface area contributed by atoms with Crippen LogP contribution in [0.1, 0.15) is 47.6 Å². The van der Waals surface area contributed by atoms with E-state index in [4.69, 9.17) is 0 Å². The molecule has 32 heavy (non-hydrogen) atoms. The van der Waals surface area contributed by atoms with Crippen molar-refractivity contribution in [3.63, 3.8) is 0 Å². The number of likely N-dealkylation sites (N-methyl/N-ethyl adjacent to an activating group) is 1. The summed E-state index contributed by atoms with van der Waals surface area (Å²) in [6.07, 6.45) is 4.65. The zero-order valence-electron chi connectivity index (χ0n) is 19.4. The van der Waals surface area contributed by atoms with Crippen LogP contribution in [0.3, 0.4) is 0 Å². The lowest BCUT2D eigenvalue weighted by Gasteiger charge is -2.35. The summed E-state index contributed by atoms with van der Waals surface area (Å²) in [4.78, 5) is 29.9. The molecule has 0 bridgehead atoms. The lowest BCUT2D eigenvalue weighted by Crippen LogP contribution is -2.43. The van der Waals surface area contributed by atoms with E-state index in [1.807, 2.05) is 32.0 Å². The number of piperidine rings is 1. The van der Waals surface area contributed by atoms with Crippen LogP contribution < -0.4 is 15.5 Å². The van der Waals surface area contributed by atoms with Gasteiger partial charge in [0.1, 0.15) is 0 Å². The molecular weight excluding hydrogens is 400 g/mol. The summed E-state index contributed by atoms with van der Waals surface area (Å²) >= 11 is 0. The molecule has 6 heteroatoms. The Labute approximate surface area is 191 Å². The van der Waals surface area contributed by atoms with Crippen molar-refractivity contribution in [2.45, 2.75) is 45.6 Å². The summed E-state index contributed by atoms with van der Waals surface area (Å²) in [7, 11) is 2.13. The van der Waals surface area contributed by atoms with E-state index in [0.29, 0.717) is 12.2 Å². The van der Waals surface area contributed by atoms with Gasteiger partial charge in [-0.1, -0.05) is 30.7 Å². The SMILES string of the molecule is Cc1ccc(C)c(NC(=O)C(=O)NC[C@@H](c2ccc3c(c2)CCN3C)N2CCCCC2)c1. The molecule has 0 radical (unpaired) electrons. The van der Waals surface area contributed by atoms with Crippen LogP contribution in [0.2, 0.25) is 0 Å². The Balaban J connectivity index is 1.46. The lowest BCUT2D eigenvalue weighted by molar-refractivity contribution is -0.136. The average molecular weight is 435 g/mol. The van der Waals surface area contributed by atoms with Crippen LogP contribution in [0.5, 0.6) is 0 Å². The molecule has 2 aliphatic heterocycles. The highest BCUT2D eigenvalue weighted by Crippen LogP contribution is 2.32. The average Bonchev–Trinajstić information content (AvgIpc) is 3.17. The number of likely N-dealkylation sites (tertiary alicyclic amines) is 1. The van der Waals surface area contributed by atoms with Crippen molar-refractivity contribution in [3.05, 3.63) is 58.7 Å². The Bertz CT molecular complexity index is 997. The number of nitrogens with one attached hydrogen (secondary N) is 2. The number of carbonyl (C=O) groups excluding carboxylic acids is 2. The fourth-order valence-corrected chi connectivity index (χ4v) is 4.80. The van der Waals surface area contributed by atoms with Crippen molar-refractivity contribution in [1.82, 2.24) is 10.2 Å². The molecule has 2 aliphatic rings. The Hall–Kier alpha value is -2.86. The van der Waals surface area contributed by atoms with Gasteiger partial charge in [0.25, 0.3) is 0 Å². The van der Waals surface area contributed by atoms with E-state index in [1.165, 1.54) is 36.1 Å². The fourth-order valence-electron chi connectivity index (χ4n) is 4.80. The number of rotatable bonds is 5. The van der Waals surface area contributed by atoms with Crippen molar-refractivity contribution < 1.29 is 9.59 Å². The van der Waals surface area contributed by atoms with Gasteiger partial charge in [-0.15, -0.1) is 0 Å². The van der Waals surface area contributed by atoms with Gasteiger partial charge < -0.3 is 15.5 Å². The fraction of sp³-hybridized carbons (Fsp3) is 0.462. The molecule has 0 aliphatic carbocycles. The molecule has 6 nitrogen and oxygen atoms in total. The first-order chi connectivity index (χ1) is 15.4. The van der Waals surface area contributed by atoms with Gasteiger partial charge in [0.05, 0.1) is 6.04 Å². The van der Waals surface area contributed by atoms with Crippen molar-refractivity contribution in [1.29, 1.82) is 0 Å². The number of aryl methyl sites for hydroxylation is 2. The molecule has 2 heterocycles. The van der Waals surface area contributed by atoms with Gasteiger partial charge in [-0.25, -0.2) is 0 Å². The van der Waals surface area contributed by atoms with Gasteiger partial charge in [0.2, 0.25) is 0 Å². The number of hydrogen-bond acceptors (Lipinski definition) is 4. The van der Waals surface area contributed by atoms with E-state index in [1.54, 1.807) is 0 Å². The van der Waals surface area contributed by atoms with Crippen molar-refractivity contribution in [2.75, 3.05) is 43.4 Å². The predicted molar refractivity (Wildman–Crippen MR) is 129 cm³/mol. The monoisotopic (exact) mass is 434 g/mol. The molecule has 2 aromatic rings. The molecule has 0 unspecified atom stereocenters. The molecule has 0 spiro atoms. The summed E-state index contributed by atoms with van der Waals surface area (Å²) in [5.74, 6) is -1.21. The number of amides is 2. The third-order valence-electron chi connectivity index (χ3n) is 6.75. The van der Waals surface area contributed by atoms with E-state index in [-0.39, 0.29) is 6.04 Å². The van der Waals surface area contributed by atoms with Gasteiger partial charge in [-0.2, -0.15) is 0 Å². The number of hydrogen-bond donors (Lipinski definition) is 2. The summed E-state index contributed by atoms with van der Waals surface area (Å²) < 4.78 is 0. The zero-order valence-corrected chi connectivity index (χ0v) is 19.4. The number of carbonyl (C=O) groups is 2. The second-order valence-electron chi connectivity index (χ2n) is 9.15. The minimum atomic E-state index is -0.619. The van der Waals surface area contributed by atoms with Crippen LogP contribution in [-0.2, 0) is 16.0 Å². The van der Waals surface area contributed by atoms with Crippen molar-refractivity contribution in [2.24, 2.45) is 0 Å². The quantitative estimate of drug-likeness (QED) is 0.706. The third-order valence-corrected chi connectivity index (χ3v) is 6.75. The molecule has 1 fully saturated rings. The highest BCUT2D eigenvalue weighted by Gasteiger charge is 2.26. The molecule has 0 saturated carbocycles. The first-order valence-electron chi connectivity index (χ1n) is 11.7. The van der Waals surface area contributed by atoms with E-state index in [2.05, 4.69) is 45.7 Å². The maximum absolute atomic E-state index is 12.6. The molecule has 2 N–H and O–H groups in total. The van der Waals surface area contributed by atoms with E-state index >= 15 is 0 Å². The highest BCUT2D eigenvalue weighted by molar-refractivity contribution is 6.39. The highest BCUT2D eigenvalue weighted by atomic mass is 16.2. The smallest absolute Gasteiger partial charge is 0.313 e. The van der Waals surface area contributed by atoms with Crippen LogP contribution in [0.15, 0.2) is 36.4 Å². The van der Waals surface area contributed by atoms with Gasteiger partial charge in [-0.3, -0.25) is 14.5 Å². The second kappa shape index (κ2) is 9.74. The topological polar surface area (TPSA) is 64.7 Å². The number of fused-ring (bicyclic) bond motifs is 1. The van der Waals surface area contributed by atoms with Gasteiger partial charge in [0, 0.05) is 31.5 Å². The molecule has 170 valence electrons. The van der Waals surface area contributed by atoms with Gasteiger partial charge >= 0.3 is 11.8 Å². The van der Waals surface area contributed by atoms with E-state index < -0.39 is 11.8 Å². The maximum atomic E-state index is 12.6. The van der Waals surface area contributed by atoms with Crippen LogP contribution >= 0.6 is 0 Å². The van der Waals surface area contributed by atoms with Crippen LogP contribution in [-0.4, -0.2) is 49.9 Å². The Morgan fingerprint density at radius 3 is 2.53 bits per heavy atom. The molecule has 1 atom stereocenters. The third kappa shape index (κ3) is 4.96. The first kappa shape index (κ1) is 22.3. The summed E-state index contributed by atoms with van der Waals surface area (Å²) in [5.41, 5.74) is 6.54. The molecule has 2 amide bonds. The van der Waals surface area contributed by atoms with Gasteiger partial charge in [-0.05, 0) is 80.6 Å². The second-order valence-corrected chi connectivity index (χ2v) is 9.15. The minimum Gasteiger partial charge on any atom is -0.374 e. The summed E-state index contributed by atoms with van der Waals surface area (Å²) in [6.45, 7) is 7.39. The number of benzene rings is 2. The van der Waals surface area contributed by atoms with Gasteiger partial charge in [0.15, 0.2) is 0 Å². The Morgan fingerprint density at radius 2 is 1.75 bits per heavy atom. The molecule has 4 rings (SSSR count). The van der Waals surface area contributed by atoms with E-state index in [9.17, 15) is 9.59 Å². The van der Waals surface area contributed by atoms with Crippen molar-refractivity contribution >= 4 is 23.2 Å². The molecular formula is C26H34N4O2. The largest absolute Gasteiger partial charge is 0.374 e. The summed E-state index contributed by atoms with van der Waals surface area (Å²) in [6, 6.07) is 12.6. The normalized spacial score (nSPS) is 17.0. The van der Waals surface area contributed by atoms with E-state index in [0.717, 1.165) is 37.2 Å². The van der Waals surface area contributed by atoms with Crippen LogP contribution in [0.4, 0.5) is 11.4 Å². The molecule has 0 aromatic heterocycles. The van der Waals surface area contributed by atoms with Crippen LogP contribution in [0, 0.1) is 13.8 Å². The maximum Gasteiger partial charge on any atom is 0.313 e. The lowest BCUT2D eigenvalue weighted by atomic mass is 9.98. The van der Waals surface area contributed by atoms with Crippen molar-refractivity contribution in [3.8, 4) is 0 Å². The summed E-state index contributed by atoms with van der Waals surface area (Å²) in [5, 5.41) is 5.67. The van der Waals surface area contributed by atoms with Crippen LogP contribution in [0.25, 0.3) is 0 Å². The number of anilines is 2.